The second-order valence-electron chi connectivity index (χ2n) is 5.94. The molecule has 1 aromatic heterocycles. The molecule has 0 bridgehead atoms. The third-order valence-electron chi connectivity index (χ3n) is 4.01. The minimum Gasteiger partial charge on any atom is -0.355 e. The molecule has 1 aromatic carbocycles. The van der Waals surface area contributed by atoms with E-state index in [0.29, 0.717) is 12.1 Å². The molecule has 5 nitrogen and oxygen atoms in total. The Morgan fingerprint density at radius 2 is 1.79 bits per heavy atom. The maximum absolute atomic E-state index is 12.4. The first-order valence-electron chi connectivity index (χ1n) is 8.25. The Morgan fingerprint density at radius 3 is 2.46 bits per heavy atom. The van der Waals surface area contributed by atoms with E-state index in [2.05, 4.69) is 15.2 Å². The smallest absolute Gasteiger partial charge is 0.253 e. The van der Waals surface area contributed by atoms with Crippen molar-refractivity contribution in [2.24, 2.45) is 0 Å². The highest BCUT2D eigenvalue weighted by atomic mass is 16.2. The van der Waals surface area contributed by atoms with Crippen LogP contribution in [0.1, 0.15) is 40.7 Å². The van der Waals surface area contributed by atoms with Crippen molar-refractivity contribution in [1.29, 1.82) is 0 Å². The number of nitrogens with zero attached hydrogens (tertiary/aromatic N) is 1. The van der Waals surface area contributed by atoms with Crippen LogP contribution in [0.4, 0.5) is 0 Å². The Balaban J connectivity index is 2.18. The van der Waals surface area contributed by atoms with Crippen LogP contribution < -0.4 is 10.6 Å². The second-order valence-corrected chi connectivity index (χ2v) is 5.94. The maximum Gasteiger partial charge on any atom is 0.253 e. The summed E-state index contributed by atoms with van der Waals surface area (Å²) in [6, 6.07) is 9.93. The number of rotatable bonds is 6. The standard InChI is InChI=1S/C19H25N3O2/c1-5-10-20-18(23)12-21-19(24)16-11-14(3)22(15(16)4)17-9-7-6-8-13(17)2/h6-9,11H,5,10,12H2,1-4H3,(H,20,23)(H,21,24). The van der Waals surface area contributed by atoms with Crippen molar-refractivity contribution in [2.75, 3.05) is 13.1 Å². The number of carbonyl (C=O) groups excluding carboxylic acids is 2. The highest BCUT2D eigenvalue weighted by Crippen LogP contribution is 2.23. The molecule has 0 saturated heterocycles. The molecule has 0 atom stereocenters. The zero-order valence-corrected chi connectivity index (χ0v) is 14.8. The normalized spacial score (nSPS) is 10.5. The summed E-state index contributed by atoms with van der Waals surface area (Å²) >= 11 is 0. The monoisotopic (exact) mass is 327 g/mol. The van der Waals surface area contributed by atoms with Crippen LogP contribution in [-0.4, -0.2) is 29.5 Å². The molecule has 0 aliphatic rings. The summed E-state index contributed by atoms with van der Waals surface area (Å²) in [6.45, 7) is 8.55. The first-order chi connectivity index (χ1) is 11.5. The van der Waals surface area contributed by atoms with Gasteiger partial charge in [-0.15, -0.1) is 0 Å². The van der Waals surface area contributed by atoms with Crippen LogP contribution in [0.25, 0.3) is 5.69 Å². The Labute approximate surface area is 143 Å². The van der Waals surface area contributed by atoms with Crippen molar-refractivity contribution in [3.8, 4) is 5.69 Å². The summed E-state index contributed by atoms with van der Waals surface area (Å²) < 4.78 is 2.07. The van der Waals surface area contributed by atoms with Gasteiger partial charge in [-0.1, -0.05) is 25.1 Å². The fourth-order valence-corrected chi connectivity index (χ4v) is 2.76. The van der Waals surface area contributed by atoms with E-state index in [-0.39, 0.29) is 18.4 Å². The predicted octanol–water partition coefficient (Wildman–Crippen LogP) is 2.66. The Bertz CT molecular complexity index is 747. The van der Waals surface area contributed by atoms with E-state index in [9.17, 15) is 9.59 Å². The van der Waals surface area contributed by atoms with E-state index in [1.807, 2.05) is 58.0 Å². The lowest BCUT2D eigenvalue weighted by Gasteiger charge is -2.12. The van der Waals surface area contributed by atoms with Crippen LogP contribution >= 0.6 is 0 Å². The number of hydrogen-bond acceptors (Lipinski definition) is 2. The molecule has 0 unspecified atom stereocenters. The van der Waals surface area contributed by atoms with Gasteiger partial charge in [0.15, 0.2) is 0 Å². The highest BCUT2D eigenvalue weighted by Gasteiger charge is 2.17. The largest absolute Gasteiger partial charge is 0.355 e. The predicted molar refractivity (Wildman–Crippen MR) is 95.6 cm³/mol. The van der Waals surface area contributed by atoms with E-state index in [0.717, 1.165) is 29.1 Å². The maximum atomic E-state index is 12.4. The Kier molecular flexibility index (Phi) is 5.79. The summed E-state index contributed by atoms with van der Waals surface area (Å²) in [4.78, 5) is 24.1. The summed E-state index contributed by atoms with van der Waals surface area (Å²) in [7, 11) is 0. The summed E-state index contributed by atoms with van der Waals surface area (Å²) in [5.41, 5.74) is 4.66. The summed E-state index contributed by atoms with van der Waals surface area (Å²) in [5, 5.41) is 5.44. The Morgan fingerprint density at radius 1 is 1.08 bits per heavy atom. The molecule has 128 valence electrons. The highest BCUT2D eigenvalue weighted by molar-refractivity contribution is 5.97. The van der Waals surface area contributed by atoms with Gasteiger partial charge in [0, 0.05) is 23.6 Å². The zero-order chi connectivity index (χ0) is 17.7. The summed E-state index contributed by atoms with van der Waals surface area (Å²) in [6.07, 6.45) is 0.872. The Hall–Kier alpha value is -2.56. The molecule has 0 aliphatic carbocycles. The summed E-state index contributed by atoms with van der Waals surface area (Å²) in [5.74, 6) is -0.396. The number of para-hydroxylation sites is 1. The van der Waals surface area contributed by atoms with Gasteiger partial charge >= 0.3 is 0 Å². The van der Waals surface area contributed by atoms with Crippen LogP contribution in [0, 0.1) is 20.8 Å². The molecule has 0 spiro atoms. The van der Waals surface area contributed by atoms with E-state index >= 15 is 0 Å². The average Bonchev–Trinajstić information content (AvgIpc) is 2.86. The van der Waals surface area contributed by atoms with Crippen molar-refractivity contribution in [3.05, 3.63) is 52.8 Å². The third kappa shape index (κ3) is 3.85. The van der Waals surface area contributed by atoms with Crippen LogP contribution in [0.2, 0.25) is 0 Å². The van der Waals surface area contributed by atoms with Gasteiger partial charge in [-0.05, 0) is 44.9 Å². The quantitative estimate of drug-likeness (QED) is 0.857. The number of aryl methyl sites for hydroxylation is 2. The second kappa shape index (κ2) is 7.81. The first kappa shape index (κ1) is 17.8. The van der Waals surface area contributed by atoms with Gasteiger partial charge in [0.1, 0.15) is 0 Å². The van der Waals surface area contributed by atoms with Crippen LogP contribution in [0.3, 0.4) is 0 Å². The lowest BCUT2D eigenvalue weighted by molar-refractivity contribution is -0.120. The van der Waals surface area contributed by atoms with Crippen LogP contribution in [-0.2, 0) is 4.79 Å². The number of amides is 2. The molecule has 1 heterocycles. The molecule has 0 saturated carbocycles. The topological polar surface area (TPSA) is 63.1 Å². The minimum atomic E-state index is -0.227. The third-order valence-corrected chi connectivity index (χ3v) is 4.01. The lowest BCUT2D eigenvalue weighted by atomic mass is 10.2. The van der Waals surface area contributed by atoms with Gasteiger partial charge in [-0.2, -0.15) is 0 Å². The van der Waals surface area contributed by atoms with Gasteiger partial charge in [-0.3, -0.25) is 9.59 Å². The van der Waals surface area contributed by atoms with Crippen LogP contribution in [0.15, 0.2) is 30.3 Å². The molecule has 0 radical (unpaired) electrons. The van der Waals surface area contributed by atoms with Crippen molar-refractivity contribution in [2.45, 2.75) is 34.1 Å². The van der Waals surface area contributed by atoms with E-state index in [4.69, 9.17) is 0 Å². The number of carbonyl (C=O) groups is 2. The number of nitrogens with one attached hydrogen (secondary N) is 2. The van der Waals surface area contributed by atoms with E-state index in [1.54, 1.807) is 0 Å². The molecule has 24 heavy (non-hydrogen) atoms. The lowest BCUT2D eigenvalue weighted by Crippen LogP contribution is -2.37. The van der Waals surface area contributed by atoms with Gasteiger partial charge in [0.05, 0.1) is 12.1 Å². The van der Waals surface area contributed by atoms with Gasteiger partial charge < -0.3 is 15.2 Å². The minimum absolute atomic E-state index is 0.00708. The van der Waals surface area contributed by atoms with Crippen LogP contribution in [0.5, 0.6) is 0 Å². The molecule has 0 fully saturated rings. The molecular weight excluding hydrogens is 302 g/mol. The van der Waals surface area contributed by atoms with Crippen molar-refractivity contribution < 1.29 is 9.59 Å². The van der Waals surface area contributed by atoms with Gasteiger partial charge in [0.2, 0.25) is 5.91 Å². The SMILES string of the molecule is CCCNC(=O)CNC(=O)c1cc(C)n(-c2ccccc2C)c1C. The van der Waals surface area contributed by atoms with Gasteiger partial charge in [0.25, 0.3) is 5.91 Å². The number of aromatic nitrogens is 1. The van der Waals surface area contributed by atoms with E-state index in [1.165, 1.54) is 0 Å². The molecule has 0 aliphatic heterocycles. The first-order valence-corrected chi connectivity index (χ1v) is 8.25. The van der Waals surface area contributed by atoms with Crippen molar-refractivity contribution in [3.63, 3.8) is 0 Å². The zero-order valence-electron chi connectivity index (χ0n) is 14.8. The van der Waals surface area contributed by atoms with Gasteiger partial charge in [-0.25, -0.2) is 0 Å². The molecule has 5 heteroatoms. The molecule has 2 amide bonds. The van der Waals surface area contributed by atoms with Crippen molar-refractivity contribution >= 4 is 11.8 Å². The number of hydrogen-bond donors (Lipinski definition) is 2. The fraction of sp³-hybridized carbons (Fsp3) is 0.368. The van der Waals surface area contributed by atoms with E-state index < -0.39 is 0 Å². The molecular formula is C19H25N3O2. The molecule has 2 rings (SSSR count). The average molecular weight is 327 g/mol. The fourth-order valence-electron chi connectivity index (χ4n) is 2.76. The molecule has 2 N–H and O–H groups in total. The van der Waals surface area contributed by atoms with Crippen molar-refractivity contribution in [1.82, 2.24) is 15.2 Å². The number of benzene rings is 1. The molecule has 2 aromatic rings.